The fraction of sp³-hybridized carbons (Fsp3) is 0. The summed E-state index contributed by atoms with van der Waals surface area (Å²) in [4.78, 5) is 12.8. The normalized spacial score (nSPS) is 8.89. The maximum Gasteiger partial charge on any atom is 0.151 e. The average molecular weight is 139 g/mol. The molecule has 0 atom stereocenters. The quantitative estimate of drug-likeness (QED) is 0.473. The Balaban J connectivity index is 3.16. The zero-order valence-corrected chi connectivity index (χ0v) is 5.44. The van der Waals surface area contributed by atoms with E-state index in [-0.39, 0.29) is 0 Å². The Kier molecular flexibility index (Phi) is 1.75. The molecule has 0 radical (unpaired) electrons. The lowest BCUT2D eigenvalue weighted by molar-refractivity contribution is 0.112. The standard InChI is InChI=1S/C6H5NOS/c8-4-5-1-2-6(9)7-3-5/h1-4H,(H,7,9). The molecule has 2 nitrogen and oxygen atoms in total. The van der Waals surface area contributed by atoms with Gasteiger partial charge in [-0.1, -0.05) is 12.2 Å². The van der Waals surface area contributed by atoms with Gasteiger partial charge >= 0.3 is 0 Å². The van der Waals surface area contributed by atoms with Gasteiger partial charge in [-0.15, -0.1) is 0 Å². The second kappa shape index (κ2) is 2.55. The van der Waals surface area contributed by atoms with E-state index >= 15 is 0 Å². The molecule has 9 heavy (non-hydrogen) atoms. The minimum atomic E-state index is 0.614. The lowest BCUT2D eigenvalue weighted by Gasteiger charge is -1.85. The summed E-state index contributed by atoms with van der Waals surface area (Å²) in [5.74, 6) is 0. The van der Waals surface area contributed by atoms with E-state index in [2.05, 4.69) is 4.98 Å². The highest BCUT2D eigenvalue weighted by atomic mass is 32.1. The number of carbonyl (C=O) groups is 1. The van der Waals surface area contributed by atoms with Crippen LogP contribution >= 0.6 is 12.2 Å². The second-order valence-corrected chi connectivity index (χ2v) is 2.04. The second-order valence-electron chi connectivity index (χ2n) is 1.60. The van der Waals surface area contributed by atoms with Gasteiger partial charge in [-0.25, -0.2) is 0 Å². The molecule has 46 valence electrons. The van der Waals surface area contributed by atoms with Crippen LogP contribution in [0.1, 0.15) is 10.4 Å². The number of aromatic amines is 1. The Hall–Kier alpha value is -0.960. The van der Waals surface area contributed by atoms with Gasteiger partial charge in [-0.2, -0.15) is 0 Å². The first-order valence-corrected chi connectivity index (χ1v) is 2.87. The molecular weight excluding hydrogens is 134 g/mol. The number of carbonyl (C=O) groups excluding carboxylic acids is 1. The molecule has 0 aliphatic rings. The van der Waals surface area contributed by atoms with Crippen molar-refractivity contribution in [2.75, 3.05) is 0 Å². The Morgan fingerprint density at radius 2 is 2.33 bits per heavy atom. The van der Waals surface area contributed by atoms with Gasteiger partial charge in [0.15, 0.2) is 6.29 Å². The highest BCUT2D eigenvalue weighted by Crippen LogP contribution is 1.90. The van der Waals surface area contributed by atoms with Crippen LogP contribution in [0.25, 0.3) is 0 Å². The summed E-state index contributed by atoms with van der Waals surface area (Å²) in [6, 6.07) is 3.35. The molecule has 0 aliphatic carbocycles. The van der Waals surface area contributed by atoms with E-state index < -0.39 is 0 Å². The lowest BCUT2D eigenvalue weighted by atomic mass is 10.3. The van der Waals surface area contributed by atoms with Crippen LogP contribution in [0, 0.1) is 4.64 Å². The molecule has 0 unspecified atom stereocenters. The van der Waals surface area contributed by atoms with Crippen LogP contribution in [-0.4, -0.2) is 11.3 Å². The van der Waals surface area contributed by atoms with Gasteiger partial charge < -0.3 is 4.98 Å². The largest absolute Gasteiger partial charge is 0.352 e. The lowest BCUT2D eigenvalue weighted by Crippen LogP contribution is -1.79. The Morgan fingerprint density at radius 3 is 2.78 bits per heavy atom. The molecule has 0 bridgehead atoms. The summed E-state index contributed by atoms with van der Waals surface area (Å²) in [6.07, 6.45) is 2.35. The first-order valence-electron chi connectivity index (χ1n) is 2.47. The number of aldehydes is 1. The number of H-pyrrole nitrogens is 1. The molecule has 0 aliphatic heterocycles. The minimum Gasteiger partial charge on any atom is -0.352 e. The van der Waals surface area contributed by atoms with Gasteiger partial charge in [0.2, 0.25) is 0 Å². The Bertz CT molecular complexity index is 246. The number of rotatable bonds is 1. The molecule has 0 amide bonds. The van der Waals surface area contributed by atoms with Crippen molar-refractivity contribution in [2.45, 2.75) is 0 Å². The molecule has 1 aromatic heterocycles. The third-order valence-electron chi connectivity index (χ3n) is 0.944. The highest BCUT2D eigenvalue weighted by molar-refractivity contribution is 7.71. The number of pyridine rings is 1. The van der Waals surface area contributed by atoms with Gasteiger partial charge in [-0.05, 0) is 12.1 Å². The Morgan fingerprint density at radius 1 is 1.56 bits per heavy atom. The van der Waals surface area contributed by atoms with Gasteiger partial charge in [0.1, 0.15) is 4.64 Å². The van der Waals surface area contributed by atoms with Crippen LogP contribution in [0.5, 0.6) is 0 Å². The fourth-order valence-corrected chi connectivity index (χ4v) is 0.623. The van der Waals surface area contributed by atoms with E-state index in [0.29, 0.717) is 10.2 Å². The molecule has 0 aromatic carbocycles. The van der Waals surface area contributed by atoms with Crippen molar-refractivity contribution in [3.8, 4) is 0 Å². The molecule has 0 fully saturated rings. The number of hydrogen-bond donors (Lipinski definition) is 1. The van der Waals surface area contributed by atoms with E-state index in [0.717, 1.165) is 6.29 Å². The zero-order chi connectivity index (χ0) is 6.69. The number of nitrogens with one attached hydrogen (secondary N) is 1. The van der Waals surface area contributed by atoms with Crippen molar-refractivity contribution in [1.29, 1.82) is 0 Å². The van der Waals surface area contributed by atoms with Gasteiger partial charge in [-0.3, -0.25) is 4.79 Å². The monoisotopic (exact) mass is 139 g/mol. The molecule has 1 N–H and O–H groups in total. The smallest absolute Gasteiger partial charge is 0.151 e. The summed E-state index contributed by atoms with van der Waals surface area (Å²) >= 11 is 4.75. The zero-order valence-electron chi connectivity index (χ0n) is 4.63. The van der Waals surface area contributed by atoms with Crippen LogP contribution in [0.15, 0.2) is 18.3 Å². The average Bonchev–Trinajstić information content (AvgIpc) is 1.90. The molecular formula is C6H5NOS. The SMILES string of the molecule is O=Cc1ccc(=S)[nH]c1. The van der Waals surface area contributed by atoms with Gasteiger partial charge in [0.25, 0.3) is 0 Å². The first-order chi connectivity index (χ1) is 4.33. The van der Waals surface area contributed by atoms with E-state index in [1.165, 1.54) is 0 Å². The summed E-state index contributed by atoms with van der Waals surface area (Å²) < 4.78 is 0.639. The number of aromatic nitrogens is 1. The van der Waals surface area contributed by atoms with Crippen LogP contribution in [0.2, 0.25) is 0 Å². The topological polar surface area (TPSA) is 32.9 Å². The van der Waals surface area contributed by atoms with E-state index in [1.807, 2.05) is 0 Å². The highest BCUT2D eigenvalue weighted by Gasteiger charge is 1.83. The van der Waals surface area contributed by atoms with Gasteiger partial charge in [0, 0.05) is 11.8 Å². The molecule has 0 spiro atoms. The van der Waals surface area contributed by atoms with Crippen LogP contribution < -0.4 is 0 Å². The molecule has 1 heterocycles. The molecule has 3 heteroatoms. The maximum atomic E-state index is 10.1. The van der Waals surface area contributed by atoms with Crippen molar-refractivity contribution in [3.63, 3.8) is 0 Å². The van der Waals surface area contributed by atoms with Crippen molar-refractivity contribution in [1.82, 2.24) is 4.98 Å². The van der Waals surface area contributed by atoms with E-state index in [4.69, 9.17) is 12.2 Å². The predicted molar refractivity (Wildman–Crippen MR) is 37.0 cm³/mol. The summed E-state index contributed by atoms with van der Waals surface area (Å²) in [6.45, 7) is 0. The third kappa shape index (κ3) is 1.47. The maximum absolute atomic E-state index is 10.1. The summed E-state index contributed by atoms with van der Waals surface area (Å²) in [5, 5.41) is 0. The van der Waals surface area contributed by atoms with Crippen molar-refractivity contribution in [3.05, 3.63) is 28.5 Å². The van der Waals surface area contributed by atoms with Crippen molar-refractivity contribution < 1.29 is 4.79 Å². The Labute approximate surface area is 57.5 Å². The predicted octanol–water partition coefficient (Wildman–Crippen LogP) is 1.56. The van der Waals surface area contributed by atoms with Gasteiger partial charge in [0.05, 0.1) is 0 Å². The number of hydrogen-bond acceptors (Lipinski definition) is 2. The summed E-state index contributed by atoms with van der Waals surface area (Å²) in [5.41, 5.74) is 0.614. The first kappa shape index (κ1) is 6.16. The van der Waals surface area contributed by atoms with E-state index in [1.54, 1.807) is 18.3 Å². The van der Waals surface area contributed by atoms with Crippen molar-refractivity contribution in [2.24, 2.45) is 0 Å². The minimum absolute atomic E-state index is 0.614. The molecule has 1 rings (SSSR count). The molecule has 0 saturated carbocycles. The third-order valence-corrected chi connectivity index (χ3v) is 1.20. The summed E-state index contributed by atoms with van der Waals surface area (Å²) in [7, 11) is 0. The molecule has 0 saturated heterocycles. The fourth-order valence-electron chi connectivity index (χ4n) is 0.496. The van der Waals surface area contributed by atoms with E-state index in [9.17, 15) is 4.79 Å². The van der Waals surface area contributed by atoms with Crippen LogP contribution in [0.4, 0.5) is 0 Å². The van der Waals surface area contributed by atoms with Crippen LogP contribution in [0.3, 0.4) is 0 Å². The van der Waals surface area contributed by atoms with Crippen molar-refractivity contribution >= 4 is 18.5 Å². The van der Waals surface area contributed by atoms with Crippen LogP contribution in [-0.2, 0) is 0 Å². The molecule has 1 aromatic rings.